The zero-order valence-corrected chi connectivity index (χ0v) is 19.8. The Morgan fingerprint density at radius 3 is 2.68 bits per heavy atom. The lowest BCUT2D eigenvalue weighted by Gasteiger charge is -2.12. The Labute approximate surface area is 200 Å². The lowest BCUT2D eigenvalue weighted by molar-refractivity contribution is 0.0952. The highest BCUT2D eigenvalue weighted by molar-refractivity contribution is 5.94. The van der Waals surface area contributed by atoms with Crippen LogP contribution in [0.15, 0.2) is 72.8 Å². The van der Waals surface area contributed by atoms with E-state index in [0.29, 0.717) is 24.5 Å². The largest absolute Gasteiger partial charge is 0.497 e. The van der Waals surface area contributed by atoms with Crippen LogP contribution in [0.3, 0.4) is 0 Å². The number of aryl methyl sites for hydroxylation is 3. The summed E-state index contributed by atoms with van der Waals surface area (Å²) in [6, 6.07) is 23.5. The molecular formula is C28H31N3O3. The number of benzene rings is 3. The summed E-state index contributed by atoms with van der Waals surface area (Å²) >= 11 is 0. The number of carbonyl (C=O) groups is 1. The molecule has 0 saturated heterocycles. The van der Waals surface area contributed by atoms with Gasteiger partial charge in [0.15, 0.2) is 0 Å². The fraction of sp³-hybridized carbons (Fsp3) is 0.286. The number of nitrogens with one attached hydrogen (secondary N) is 1. The first kappa shape index (κ1) is 23.4. The zero-order valence-electron chi connectivity index (χ0n) is 19.8. The zero-order chi connectivity index (χ0) is 23.8. The second-order valence-corrected chi connectivity index (χ2v) is 8.23. The van der Waals surface area contributed by atoms with E-state index in [9.17, 15) is 4.79 Å². The maximum absolute atomic E-state index is 12.4. The number of ether oxygens (including phenoxy) is 2. The monoisotopic (exact) mass is 457 g/mol. The van der Waals surface area contributed by atoms with Crippen molar-refractivity contribution in [3.8, 4) is 11.5 Å². The van der Waals surface area contributed by atoms with E-state index < -0.39 is 0 Å². The molecule has 4 aromatic rings. The average Bonchev–Trinajstić information content (AvgIpc) is 3.22. The number of carbonyl (C=O) groups excluding carboxylic acids is 1. The SMILES string of the molecule is COc1cccc(C(=O)NCCCc2nc3ccccc3n2CCCOc2ccccc2C)c1. The van der Waals surface area contributed by atoms with Crippen LogP contribution in [-0.2, 0) is 13.0 Å². The minimum atomic E-state index is -0.0965. The van der Waals surface area contributed by atoms with Crippen LogP contribution < -0.4 is 14.8 Å². The van der Waals surface area contributed by atoms with Crippen LogP contribution in [0, 0.1) is 6.92 Å². The lowest BCUT2D eigenvalue weighted by atomic mass is 10.2. The maximum atomic E-state index is 12.4. The molecule has 1 aromatic heterocycles. The van der Waals surface area contributed by atoms with Gasteiger partial charge in [-0.2, -0.15) is 0 Å². The van der Waals surface area contributed by atoms with E-state index in [0.717, 1.165) is 54.0 Å². The first-order chi connectivity index (χ1) is 16.7. The summed E-state index contributed by atoms with van der Waals surface area (Å²) in [6.07, 6.45) is 2.47. The summed E-state index contributed by atoms with van der Waals surface area (Å²) in [6.45, 7) is 4.12. The highest BCUT2D eigenvalue weighted by Gasteiger charge is 2.11. The molecule has 1 heterocycles. The summed E-state index contributed by atoms with van der Waals surface area (Å²) < 4.78 is 13.5. The van der Waals surface area contributed by atoms with Crippen LogP contribution in [0.1, 0.15) is 34.6 Å². The maximum Gasteiger partial charge on any atom is 0.251 e. The molecule has 0 fully saturated rings. The summed E-state index contributed by atoms with van der Waals surface area (Å²) in [4.78, 5) is 17.3. The second kappa shape index (κ2) is 11.4. The van der Waals surface area contributed by atoms with Gasteiger partial charge in [-0.1, -0.05) is 36.4 Å². The Morgan fingerprint density at radius 1 is 1.00 bits per heavy atom. The van der Waals surface area contributed by atoms with Crippen LogP contribution in [0.4, 0.5) is 0 Å². The summed E-state index contributed by atoms with van der Waals surface area (Å²) in [7, 11) is 1.60. The Kier molecular flexibility index (Phi) is 7.81. The van der Waals surface area contributed by atoms with Crippen LogP contribution in [0.25, 0.3) is 11.0 Å². The van der Waals surface area contributed by atoms with Crippen molar-refractivity contribution in [3.05, 3.63) is 89.7 Å². The third-order valence-electron chi connectivity index (χ3n) is 5.81. The van der Waals surface area contributed by atoms with E-state index in [4.69, 9.17) is 14.5 Å². The first-order valence-electron chi connectivity index (χ1n) is 11.7. The third-order valence-corrected chi connectivity index (χ3v) is 5.81. The predicted octanol–water partition coefficient (Wildman–Crippen LogP) is 5.19. The molecule has 3 aromatic carbocycles. The smallest absolute Gasteiger partial charge is 0.251 e. The van der Waals surface area contributed by atoms with Crippen LogP contribution >= 0.6 is 0 Å². The Morgan fingerprint density at radius 2 is 1.82 bits per heavy atom. The number of aromatic nitrogens is 2. The van der Waals surface area contributed by atoms with E-state index in [2.05, 4.69) is 28.9 Å². The van der Waals surface area contributed by atoms with Crippen LogP contribution in [0.2, 0.25) is 0 Å². The van der Waals surface area contributed by atoms with Crippen LogP contribution in [-0.4, -0.2) is 35.7 Å². The van der Waals surface area contributed by atoms with Gasteiger partial charge in [-0.3, -0.25) is 4.79 Å². The second-order valence-electron chi connectivity index (χ2n) is 8.23. The van der Waals surface area contributed by atoms with E-state index in [1.807, 2.05) is 48.5 Å². The molecule has 0 bridgehead atoms. The van der Waals surface area contributed by atoms with Gasteiger partial charge >= 0.3 is 0 Å². The van der Waals surface area contributed by atoms with Gasteiger partial charge in [0, 0.05) is 25.1 Å². The Balaban J connectivity index is 1.33. The molecule has 0 spiro atoms. The van der Waals surface area contributed by atoms with Crippen LogP contribution in [0.5, 0.6) is 11.5 Å². The molecule has 0 aliphatic carbocycles. The number of amides is 1. The van der Waals surface area contributed by atoms with Crippen molar-refractivity contribution >= 4 is 16.9 Å². The minimum Gasteiger partial charge on any atom is -0.497 e. The summed E-state index contributed by atoms with van der Waals surface area (Å²) in [5.41, 5.74) is 3.87. The third kappa shape index (κ3) is 5.76. The topological polar surface area (TPSA) is 65.4 Å². The minimum absolute atomic E-state index is 0.0965. The lowest BCUT2D eigenvalue weighted by Crippen LogP contribution is -2.25. The fourth-order valence-electron chi connectivity index (χ4n) is 4.00. The molecule has 0 unspecified atom stereocenters. The van der Waals surface area contributed by atoms with Gasteiger partial charge in [-0.05, 0) is 61.7 Å². The van der Waals surface area contributed by atoms with Crippen molar-refractivity contribution in [2.24, 2.45) is 0 Å². The molecule has 0 atom stereocenters. The molecule has 0 aliphatic heterocycles. The molecule has 6 nitrogen and oxygen atoms in total. The van der Waals surface area contributed by atoms with Gasteiger partial charge in [0.25, 0.3) is 5.91 Å². The van der Waals surface area contributed by atoms with Gasteiger partial charge in [0.1, 0.15) is 17.3 Å². The normalized spacial score (nSPS) is 10.9. The first-order valence-corrected chi connectivity index (χ1v) is 11.7. The van der Waals surface area contributed by atoms with Gasteiger partial charge in [-0.15, -0.1) is 0 Å². The molecular weight excluding hydrogens is 426 g/mol. The number of imidazole rings is 1. The number of para-hydroxylation sites is 3. The van der Waals surface area contributed by atoms with Gasteiger partial charge < -0.3 is 19.4 Å². The van der Waals surface area contributed by atoms with Crippen molar-refractivity contribution in [1.29, 1.82) is 0 Å². The number of nitrogens with zero attached hydrogens (tertiary/aromatic N) is 2. The molecule has 6 heteroatoms. The summed E-state index contributed by atoms with van der Waals surface area (Å²) in [5.74, 6) is 2.55. The summed E-state index contributed by atoms with van der Waals surface area (Å²) in [5, 5.41) is 3.00. The Hall–Kier alpha value is -3.80. The Bertz CT molecular complexity index is 1250. The highest BCUT2D eigenvalue weighted by atomic mass is 16.5. The van der Waals surface area contributed by atoms with E-state index >= 15 is 0 Å². The van der Waals surface area contributed by atoms with E-state index in [-0.39, 0.29) is 5.91 Å². The van der Waals surface area contributed by atoms with Crippen molar-refractivity contribution in [3.63, 3.8) is 0 Å². The fourth-order valence-corrected chi connectivity index (χ4v) is 4.00. The molecule has 0 saturated carbocycles. The molecule has 1 N–H and O–H groups in total. The number of methoxy groups -OCH3 is 1. The average molecular weight is 458 g/mol. The molecule has 1 amide bonds. The highest BCUT2D eigenvalue weighted by Crippen LogP contribution is 2.19. The van der Waals surface area contributed by atoms with Crippen molar-refractivity contribution in [2.45, 2.75) is 32.7 Å². The van der Waals surface area contributed by atoms with Crippen molar-refractivity contribution in [1.82, 2.24) is 14.9 Å². The number of fused-ring (bicyclic) bond motifs is 1. The van der Waals surface area contributed by atoms with E-state index in [1.54, 1.807) is 19.2 Å². The van der Waals surface area contributed by atoms with Gasteiger partial charge in [0.05, 0.1) is 24.8 Å². The quantitative estimate of drug-likeness (QED) is 0.315. The molecule has 0 aliphatic rings. The van der Waals surface area contributed by atoms with Gasteiger partial charge in [0.2, 0.25) is 0 Å². The van der Waals surface area contributed by atoms with E-state index in [1.165, 1.54) is 0 Å². The number of rotatable bonds is 11. The van der Waals surface area contributed by atoms with Gasteiger partial charge in [-0.25, -0.2) is 4.98 Å². The molecule has 0 radical (unpaired) electrons. The van der Waals surface area contributed by atoms with Crippen molar-refractivity contribution in [2.75, 3.05) is 20.3 Å². The molecule has 34 heavy (non-hydrogen) atoms. The number of hydrogen-bond acceptors (Lipinski definition) is 4. The number of hydrogen-bond donors (Lipinski definition) is 1. The molecule has 4 rings (SSSR count). The molecule has 176 valence electrons. The standard InChI is InChI=1S/C28H31N3O3/c1-21-10-3-6-15-26(21)34-19-9-18-31-25-14-5-4-13-24(25)30-27(31)16-8-17-29-28(32)22-11-7-12-23(20-22)33-2/h3-7,10-15,20H,8-9,16-19H2,1-2H3,(H,29,32). The van der Waals surface area contributed by atoms with Crippen molar-refractivity contribution < 1.29 is 14.3 Å². The predicted molar refractivity (Wildman–Crippen MR) is 135 cm³/mol.